The summed E-state index contributed by atoms with van der Waals surface area (Å²) in [6, 6.07) is 5.88. The van der Waals surface area contributed by atoms with E-state index in [2.05, 4.69) is 12.2 Å². The number of unbranched alkanes of at least 4 members (excludes halogenated alkanes) is 1. The number of aromatic nitrogens is 1. The molecule has 5 heteroatoms. The van der Waals surface area contributed by atoms with Crippen LogP contribution < -0.4 is 10.9 Å². The van der Waals surface area contributed by atoms with Crippen molar-refractivity contribution < 1.29 is 9.47 Å². The lowest BCUT2D eigenvalue weighted by molar-refractivity contribution is -0.172. The Morgan fingerprint density at radius 1 is 1.33 bits per heavy atom. The van der Waals surface area contributed by atoms with Gasteiger partial charge in [-0.2, -0.15) is 0 Å². The Morgan fingerprint density at radius 2 is 2.17 bits per heavy atom. The highest BCUT2D eigenvalue weighted by Gasteiger charge is 2.55. The van der Waals surface area contributed by atoms with Crippen molar-refractivity contribution in [2.45, 2.75) is 57.7 Å². The average molecular weight is 334 g/mol. The summed E-state index contributed by atoms with van der Waals surface area (Å²) in [6.45, 7) is 6.41. The molecule has 1 saturated heterocycles. The van der Waals surface area contributed by atoms with Crippen molar-refractivity contribution in [3.63, 3.8) is 0 Å². The Bertz CT molecular complexity index is 566. The van der Waals surface area contributed by atoms with Gasteiger partial charge in [0.25, 0.3) is 0 Å². The van der Waals surface area contributed by atoms with E-state index in [1.54, 1.807) is 16.7 Å². The number of aryl methyl sites for hydroxylation is 1. The Labute approximate surface area is 144 Å². The minimum Gasteiger partial charge on any atom is -0.381 e. The molecule has 0 aromatic carbocycles. The first-order valence-electron chi connectivity index (χ1n) is 9.34. The Hall–Kier alpha value is -1.17. The predicted octanol–water partition coefficient (Wildman–Crippen LogP) is 2.19. The maximum absolute atomic E-state index is 11.7. The zero-order valence-electron chi connectivity index (χ0n) is 14.7. The van der Waals surface area contributed by atoms with Crippen molar-refractivity contribution in [2.24, 2.45) is 5.41 Å². The van der Waals surface area contributed by atoms with E-state index in [9.17, 15) is 4.79 Å². The van der Waals surface area contributed by atoms with Crippen molar-refractivity contribution in [3.05, 3.63) is 34.7 Å². The zero-order valence-corrected chi connectivity index (χ0v) is 14.7. The zero-order chi connectivity index (χ0) is 16.8. The van der Waals surface area contributed by atoms with Gasteiger partial charge in [0.15, 0.2) is 0 Å². The van der Waals surface area contributed by atoms with Gasteiger partial charge in [-0.25, -0.2) is 0 Å². The third kappa shape index (κ3) is 3.73. The molecule has 2 fully saturated rings. The van der Waals surface area contributed by atoms with Crippen molar-refractivity contribution >= 4 is 0 Å². The summed E-state index contributed by atoms with van der Waals surface area (Å²) in [6.07, 6.45) is 7.70. The van der Waals surface area contributed by atoms with Crippen LogP contribution in [0.2, 0.25) is 0 Å². The minimum absolute atomic E-state index is 0.0881. The molecule has 1 N–H and O–H groups in total. The molecule has 2 aliphatic rings. The number of hydrogen-bond acceptors (Lipinski definition) is 4. The largest absolute Gasteiger partial charge is 0.381 e. The van der Waals surface area contributed by atoms with Gasteiger partial charge in [0.2, 0.25) is 5.56 Å². The third-order valence-corrected chi connectivity index (χ3v) is 5.69. The van der Waals surface area contributed by atoms with Crippen molar-refractivity contribution in [2.75, 3.05) is 26.4 Å². The molecule has 1 aliphatic carbocycles. The van der Waals surface area contributed by atoms with Gasteiger partial charge in [0.1, 0.15) is 0 Å². The lowest BCUT2D eigenvalue weighted by Crippen LogP contribution is -2.65. The predicted molar refractivity (Wildman–Crippen MR) is 94.2 cm³/mol. The lowest BCUT2D eigenvalue weighted by atomic mass is 9.57. The van der Waals surface area contributed by atoms with E-state index in [-0.39, 0.29) is 11.0 Å². The molecule has 1 aromatic heterocycles. The molecule has 0 unspecified atom stereocenters. The van der Waals surface area contributed by atoms with E-state index in [1.165, 1.54) is 0 Å². The van der Waals surface area contributed by atoms with Gasteiger partial charge in [0, 0.05) is 50.1 Å². The fourth-order valence-corrected chi connectivity index (χ4v) is 4.22. The second kappa shape index (κ2) is 8.28. The Morgan fingerprint density at radius 3 is 2.92 bits per heavy atom. The molecular formula is C19H30N2O3. The second-order valence-corrected chi connectivity index (χ2v) is 6.97. The summed E-state index contributed by atoms with van der Waals surface area (Å²) in [5.41, 5.74) is 0.370. The maximum atomic E-state index is 11.7. The number of rotatable bonds is 8. The highest BCUT2D eigenvalue weighted by molar-refractivity contribution is 5.08. The van der Waals surface area contributed by atoms with Crippen molar-refractivity contribution in [1.82, 2.24) is 9.88 Å². The standard InChI is InChI=1S/C19H30N2O3/c1-2-24-17-15-16(19(17)8-13-23-14-9-19)20-10-4-6-12-21-11-5-3-7-18(21)22/h3,5,7,11,16-17,20H,2,4,6,8-10,12-15H2,1H3/t16-,17-/m0/s1. The van der Waals surface area contributed by atoms with Crippen LogP contribution in [0.15, 0.2) is 29.2 Å². The molecule has 1 aromatic rings. The molecule has 1 aliphatic heterocycles. The van der Waals surface area contributed by atoms with Gasteiger partial charge in [-0.1, -0.05) is 6.07 Å². The summed E-state index contributed by atoms with van der Waals surface area (Å²) in [4.78, 5) is 11.7. The molecule has 0 radical (unpaired) electrons. The molecule has 134 valence electrons. The SMILES string of the molecule is CCO[C@H]1C[C@H](NCCCCn2ccccc2=O)C12CCOCC2. The van der Waals surface area contributed by atoms with Crippen LogP contribution in [0.3, 0.4) is 0 Å². The van der Waals surface area contributed by atoms with Gasteiger partial charge in [0.05, 0.1) is 6.10 Å². The van der Waals surface area contributed by atoms with Crippen molar-refractivity contribution in [1.29, 1.82) is 0 Å². The maximum Gasteiger partial charge on any atom is 0.250 e. The van der Waals surface area contributed by atoms with Crippen LogP contribution in [0.1, 0.15) is 39.0 Å². The minimum atomic E-state index is 0.0881. The van der Waals surface area contributed by atoms with E-state index >= 15 is 0 Å². The molecule has 3 rings (SSSR count). The van der Waals surface area contributed by atoms with Gasteiger partial charge >= 0.3 is 0 Å². The Balaban J connectivity index is 1.41. The summed E-state index contributed by atoms with van der Waals surface area (Å²) >= 11 is 0. The van der Waals surface area contributed by atoms with Crippen LogP contribution in [-0.4, -0.2) is 43.1 Å². The van der Waals surface area contributed by atoms with Gasteiger partial charge in [-0.3, -0.25) is 4.79 Å². The fourth-order valence-electron chi connectivity index (χ4n) is 4.22. The smallest absolute Gasteiger partial charge is 0.250 e. The number of hydrogen-bond donors (Lipinski definition) is 1. The van der Waals surface area contributed by atoms with Gasteiger partial charge in [-0.15, -0.1) is 0 Å². The quantitative estimate of drug-likeness (QED) is 0.741. The van der Waals surface area contributed by atoms with E-state index in [1.807, 2.05) is 12.3 Å². The van der Waals surface area contributed by atoms with Crippen molar-refractivity contribution in [3.8, 4) is 0 Å². The number of ether oxygens (including phenoxy) is 2. The third-order valence-electron chi connectivity index (χ3n) is 5.69. The van der Waals surface area contributed by atoms with Crippen LogP contribution in [0.5, 0.6) is 0 Å². The molecular weight excluding hydrogens is 304 g/mol. The number of nitrogens with zero attached hydrogens (tertiary/aromatic N) is 1. The molecule has 2 heterocycles. The van der Waals surface area contributed by atoms with E-state index in [4.69, 9.17) is 9.47 Å². The van der Waals surface area contributed by atoms with E-state index in [0.29, 0.717) is 12.1 Å². The molecule has 24 heavy (non-hydrogen) atoms. The van der Waals surface area contributed by atoms with Gasteiger partial charge < -0.3 is 19.4 Å². The second-order valence-electron chi connectivity index (χ2n) is 6.97. The summed E-state index contributed by atoms with van der Waals surface area (Å²) in [7, 11) is 0. The summed E-state index contributed by atoms with van der Waals surface area (Å²) in [5, 5.41) is 3.75. The molecule has 1 saturated carbocycles. The summed E-state index contributed by atoms with van der Waals surface area (Å²) < 4.78 is 13.3. The molecule has 2 atom stereocenters. The monoisotopic (exact) mass is 334 g/mol. The first-order valence-corrected chi connectivity index (χ1v) is 9.34. The van der Waals surface area contributed by atoms with E-state index in [0.717, 1.165) is 65.0 Å². The van der Waals surface area contributed by atoms with Crippen LogP contribution in [0.4, 0.5) is 0 Å². The van der Waals surface area contributed by atoms with Crippen LogP contribution in [-0.2, 0) is 16.0 Å². The topological polar surface area (TPSA) is 52.5 Å². The number of pyridine rings is 1. The fraction of sp³-hybridized carbons (Fsp3) is 0.737. The normalized spacial score (nSPS) is 25.5. The highest BCUT2D eigenvalue weighted by atomic mass is 16.5. The molecule has 0 bridgehead atoms. The van der Waals surface area contributed by atoms with Crippen LogP contribution in [0.25, 0.3) is 0 Å². The first-order chi connectivity index (χ1) is 11.8. The first kappa shape index (κ1) is 17.6. The molecule has 5 nitrogen and oxygen atoms in total. The van der Waals surface area contributed by atoms with Crippen LogP contribution in [0, 0.1) is 5.41 Å². The molecule has 0 amide bonds. The Kier molecular flexibility index (Phi) is 6.09. The number of nitrogens with one attached hydrogen (secondary N) is 1. The molecule has 1 spiro atoms. The van der Waals surface area contributed by atoms with Gasteiger partial charge in [-0.05, 0) is 51.6 Å². The average Bonchev–Trinajstić information content (AvgIpc) is 2.62. The summed E-state index contributed by atoms with van der Waals surface area (Å²) in [5.74, 6) is 0. The van der Waals surface area contributed by atoms with E-state index < -0.39 is 0 Å². The lowest BCUT2D eigenvalue weighted by Gasteiger charge is -2.57. The highest BCUT2D eigenvalue weighted by Crippen LogP contribution is 2.50. The van der Waals surface area contributed by atoms with Crippen LogP contribution >= 0.6 is 0 Å².